The molecule has 3 heterocycles. The first-order valence-corrected chi connectivity index (χ1v) is 9.11. The number of nitrogens with zero attached hydrogens (tertiary/aromatic N) is 3. The van der Waals surface area contributed by atoms with Gasteiger partial charge in [0.1, 0.15) is 11.9 Å². The molecule has 0 saturated carbocycles. The van der Waals surface area contributed by atoms with Gasteiger partial charge in [0, 0.05) is 34.8 Å². The zero-order valence-electron chi connectivity index (χ0n) is 14.0. The number of hydrogen-bond donors (Lipinski definition) is 0. The third-order valence-electron chi connectivity index (χ3n) is 4.66. The summed E-state index contributed by atoms with van der Waals surface area (Å²) in [6.45, 7) is 5.01. The van der Waals surface area contributed by atoms with Gasteiger partial charge in [-0.3, -0.25) is 0 Å². The van der Waals surface area contributed by atoms with Gasteiger partial charge in [0.15, 0.2) is 0 Å². The molecule has 0 bridgehead atoms. The quantitative estimate of drug-likeness (QED) is 0.645. The summed E-state index contributed by atoms with van der Waals surface area (Å²) < 4.78 is 8.70. The van der Waals surface area contributed by atoms with Gasteiger partial charge in [-0.05, 0) is 42.3 Å². The Morgan fingerprint density at radius 1 is 1.08 bits per heavy atom. The summed E-state index contributed by atoms with van der Waals surface area (Å²) in [6, 6.07) is 15.0. The van der Waals surface area contributed by atoms with Crippen LogP contribution in [0.4, 0.5) is 5.82 Å². The summed E-state index contributed by atoms with van der Waals surface area (Å²) in [7, 11) is 0. The molecule has 126 valence electrons. The van der Waals surface area contributed by atoms with Crippen molar-refractivity contribution < 1.29 is 4.74 Å². The maximum atomic E-state index is 9.72. The highest BCUT2D eigenvalue weighted by atomic mass is 79.9. The normalized spacial score (nSPS) is 14.7. The van der Waals surface area contributed by atoms with Crippen molar-refractivity contribution in [3.63, 3.8) is 0 Å². The molecule has 0 aliphatic carbocycles. The molecule has 25 heavy (non-hydrogen) atoms. The second-order valence-electron chi connectivity index (χ2n) is 6.27. The lowest BCUT2D eigenvalue weighted by Gasteiger charge is -2.30. The summed E-state index contributed by atoms with van der Waals surface area (Å²) in [5.74, 6) is 0.976. The molecule has 4 nitrogen and oxygen atoms in total. The van der Waals surface area contributed by atoms with Crippen molar-refractivity contribution in [3.8, 4) is 17.2 Å². The highest BCUT2D eigenvalue weighted by Gasteiger charge is 2.20. The molecular formula is C20H18BrN3O. The molecule has 1 saturated heterocycles. The molecule has 4 rings (SSSR count). The summed E-state index contributed by atoms with van der Waals surface area (Å²) in [4.78, 5) is 2.26. The van der Waals surface area contributed by atoms with E-state index in [4.69, 9.17) is 4.74 Å². The molecule has 1 aromatic carbocycles. The van der Waals surface area contributed by atoms with E-state index in [0.29, 0.717) is 13.2 Å². The van der Waals surface area contributed by atoms with Crippen molar-refractivity contribution in [2.45, 2.75) is 6.92 Å². The molecule has 0 amide bonds. The number of ether oxygens (including phenoxy) is 1. The Labute approximate surface area is 155 Å². The Balaban J connectivity index is 1.91. The molecule has 0 spiro atoms. The second kappa shape index (κ2) is 6.55. The van der Waals surface area contributed by atoms with Crippen LogP contribution in [0.2, 0.25) is 0 Å². The Morgan fingerprint density at radius 2 is 1.80 bits per heavy atom. The zero-order valence-corrected chi connectivity index (χ0v) is 15.6. The van der Waals surface area contributed by atoms with E-state index in [9.17, 15) is 5.26 Å². The molecule has 0 unspecified atom stereocenters. The molecule has 3 aromatic rings. The van der Waals surface area contributed by atoms with Crippen LogP contribution in [0.15, 0.2) is 47.1 Å². The van der Waals surface area contributed by atoms with E-state index in [1.165, 1.54) is 0 Å². The lowest BCUT2D eigenvalue weighted by molar-refractivity contribution is 0.122. The number of nitriles is 1. The van der Waals surface area contributed by atoms with E-state index in [1.54, 1.807) is 0 Å². The van der Waals surface area contributed by atoms with Crippen LogP contribution in [0.1, 0.15) is 11.1 Å². The van der Waals surface area contributed by atoms with Gasteiger partial charge in [-0.2, -0.15) is 5.26 Å². The number of aryl methyl sites for hydroxylation is 1. The number of fused-ring (bicyclic) bond motifs is 1. The van der Waals surface area contributed by atoms with Crippen molar-refractivity contribution in [1.29, 1.82) is 5.26 Å². The van der Waals surface area contributed by atoms with Gasteiger partial charge in [-0.25, -0.2) is 0 Å². The van der Waals surface area contributed by atoms with Crippen LogP contribution >= 0.6 is 15.9 Å². The zero-order chi connectivity index (χ0) is 17.4. The molecule has 2 aromatic heterocycles. The Kier molecular flexibility index (Phi) is 4.24. The van der Waals surface area contributed by atoms with Crippen LogP contribution in [-0.2, 0) is 4.74 Å². The molecular weight excluding hydrogens is 378 g/mol. The van der Waals surface area contributed by atoms with E-state index in [0.717, 1.165) is 51.2 Å². The molecule has 0 N–H and O–H groups in total. The minimum absolute atomic E-state index is 0.696. The van der Waals surface area contributed by atoms with Gasteiger partial charge in [-0.15, -0.1) is 0 Å². The van der Waals surface area contributed by atoms with Gasteiger partial charge < -0.3 is 14.0 Å². The van der Waals surface area contributed by atoms with Crippen molar-refractivity contribution in [3.05, 3.63) is 58.2 Å². The summed E-state index contributed by atoms with van der Waals surface area (Å²) in [5.41, 5.74) is 5.17. The van der Waals surface area contributed by atoms with Crippen molar-refractivity contribution >= 4 is 27.3 Å². The van der Waals surface area contributed by atoms with E-state index < -0.39 is 0 Å². The van der Waals surface area contributed by atoms with E-state index in [-0.39, 0.29) is 0 Å². The third-order valence-corrected chi connectivity index (χ3v) is 5.19. The van der Waals surface area contributed by atoms with E-state index in [1.807, 2.05) is 19.1 Å². The first-order chi connectivity index (χ1) is 12.2. The van der Waals surface area contributed by atoms with Crippen molar-refractivity contribution in [2.24, 2.45) is 0 Å². The van der Waals surface area contributed by atoms with Crippen molar-refractivity contribution in [1.82, 2.24) is 4.40 Å². The predicted molar refractivity (Wildman–Crippen MR) is 103 cm³/mol. The largest absolute Gasteiger partial charge is 0.378 e. The highest BCUT2D eigenvalue weighted by Crippen LogP contribution is 2.31. The number of benzene rings is 1. The Hall–Kier alpha value is -2.29. The van der Waals surface area contributed by atoms with Crippen LogP contribution < -0.4 is 4.90 Å². The Morgan fingerprint density at radius 3 is 2.48 bits per heavy atom. The average molecular weight is 396 g/mol. The van der Waals surface area contributed by atoms with Gasteiger partial charge in [0.2, 0.25) is 0 Å². The van der Waals surface area contributed by atoms with Gasteiger partial charge in [-0.1, -0.05) is 28.1 Å². The second-order valence-corrected chi connectivity index (χ2v) is 7.18. The minimum Gasteiger partial charge on any atom is -0.378 e. The summed E-state index contributed by atoms with van der Waals surface area (Å²) in [6.07, 6.45) is 2.13. The predicted octanol–water partition coefficient (Wildman–Crippen LogP) is 4.39. The smallest absolute Gasteiger partial charge is 0.131 e. The van der Waals surface area contributed by atoms with Crippen LogP contribution in [0.3, 0.4) is 0 Å². The molecule has 1 aliphatic rings. The standard InChI is InChI=1S/C20H18BrN3O/c1-14-10-18-11-16(15-2-4-17(21)5-3-15)13-24(18)20(19(14)12-22)23-6-8-25-9-7-23/h2-5,10-11,13H,6-9H2,1H3. The first-order valence-electron chi connectivity index (χ1n) is 8.32. The Bertz CT molecular complexity index is 963. The SMILES string of the molecule is Cc1cc2cc(-c3ccc(Br)cc3)cn2c(N2CCOCC2)c1C#N. The topological polar surface area (TPSA) is 40.7 Å². The number of morpholine rings is 1. The van der Waals surface area contributed by atoms with Gasteiger partial charge >= 0.3 is 0 Å². The van der Waals surface area contributed by atoms with E-state index >= 15 is 0 Å². The lowest BCUT2D eigenvalue weighted by atomic mass is 10.1. The molecule has 5 heteroatoms. The fraction of sp³-hybridized carbons (Fsp3) is 0.250. The van der Waals surface area contributed by atoms with Crippen LogP contribution in [0.5, 0.6) is 0 Å². The van der Waals surface area contributed by atoms with Crippen molar-refractivity contribution in [2.75, 3.05) is 31.2 Å². The fourth-order valence-electron chi connectivity index (χ4n) is 3.39. The van der Waals surface area contributed by atoms with Crippen LogP contribution in [0.25, 0.3) is 16.6 Å². The van der Waals surface area contributed by atoms with Crippen LogP contribution in [0, 0.1) is 18.3 Å². The molecule has 1 aliphatic heterocycles. The molecule has 1 fully saturated rings. The average Bonchev–Trinajstić information content (AvgIpc) is 3.05. The fourth-order valence-corrected chi connectivity index (χ4v) is 3.65. The molecule has 0 radical (unpaired) electrons. The number of hydrogen-bond acceptors (Lipinski definition) is 3. The number of halogens is 1. The number of rotatable bonds is 2. The van der Waals surface area contributed by atoms with Gasteiger partial charge in [0.25, 0.3) is 0 Å². The third kappa shape index (κ3) is 2.92. The number of anilines is 1. The number of aromatic nitrogens is 1. The maximum absolute atomic E-state index is 9.72. The monoisotopic (exact) mass is 395 g/mol. The number of pyridine rings is 1. The summed E-state index contributed by atoms with van der Waals surface area (Å²) >= 11 is 3.49. The molecule has 0 atom stereocenters. The maximum Gasteiger partial charge on any atom is 0.131 e. The first kappa shape index (κ1) is 16.2. The summed E-state index contributed by atoms with van der Waals surface area (Å²) in [5, 5.41) is 9.72. The minimum atomic E-state index is 0.696. The highest BCUT2D eigenvalue weighted by molar-refractivity contribution is 9.10. The van der Waals surface area contributed by atoms with Gasteiger partial charge in [0.05, 0.1) is 18.8 Å². The van der Waals surface area contributed by atoms with Crippen LogP contribution in [-0.4, -0.2) is 30.7 Å². The lowest BCUT2D eigenvalue weighted by Crippen LogP contribution is -2.38. The van der Waals surface area contributed by atoms with E-state index in [2.05, 4.69) is 61.8 Å².